The van der Waals surface area contributed by atoms with Crippen LogP contribution in [0.5, 0.6) is 0 Å². The molecule has 0 heterocycles. The first-order valence-corrected chi connectivity index (χ1v) is 6.44. The van der Waals surface area contributed by atoms with E-state index >= 15 is 0 Å². The van der Waals surface area contributed by atoms with Crippen LogP contribution in [0.1, 0.15) is 26.7 Å². The second-order valence-electron chi connectivity index (χ2n) is 3.62. The summed E-state index contributed by atoms with van der Waals surface area (Å²) in [5, 5.41) is 9.86. The minimum absolute atomic E-state index is 0.311. The van der Waals surface area contributed by atoms with Crippen LogP contribution in [0.25, 0.3) is 0 Å². The topological polar surface area (TPSA) is 20.2 Å². The lowest BCUT2D eigenvalue weighted by atomic mass is 9.94. The SMILES string of the molecule is CC(CO)CC(C)CC(Br)CBr. The molecule has 3 heteroatoms. The largest absolute Gasteiger partial charge is 0.396 e. The second kappa shape index (κ2) is 7.34. The van der Waals surface area contributed by atoms with Gasteiger partial charge in [0.2, 0.25) is 0 Å². The molecule has 1 nitrogen and oxygen atoms in total. The Morgan fingerprint density at radius 2 is 1.75 bits per heavy atom. The van der Waals surface area contributed by atoms with Crippen LogP contribution in [0.3, 0.4) is 0 Å². The Hall–Kier alpha value is 0.920. The predicted octanol–water partition coefficient (Wildman–Crippen LogP) is 3.19. The lowest BCUT2D eigenvalue weighted by Crippen LogP contribution is -2.11. The molecular weight excluding hydrogens is 284 g/mol. The highest BCUT2D eigenvalue weighted by molar-refractivity contribution is 9.12. The number of aliphatic hydroxyl groups is 1. The van der Waals surface area contributed by atoms with Crippen molar-refractivity contribution >= 4 is 31.9 Å². The van der Waals surface area contributed by atoms with Gasteiger partial charge in [-0.1, -0.05) is 45.7 Å². The molecule has 0 aliphatic carbocycles. The molecule has 0 aliphatic heterocycles. The summed E-state index contributed by atoms with van der Waals surface area (Å²) in [6, 6.07) is 0. The summed E-state index contributed by atoms with van der Waals surface area (Å²) in [5.74, 6) is 1.13. The van der Waals surface area contributed by atoms with E-state index in [1.165, 1.54) is 6.42 Å². The Morgan fingerprint density at radius 1 is 1.17 bits per heavy atom. The van der Waals surface area contributed by atoms with Gasteiger partial charge in [-0.2, -0.15) is 0 Å². The van der Waals surface area contributed by atoms with E-state index in [2.05, 4.69) is 45.7 Å². The Kier molecular flexibility index (Phi) is 7.90. The summed E-state index contributed by atoms with van der Waals surface area (Å²) in [6.07, 6.45) is 2.29. The van der Waals surface area contributed by atoms with Gasteiger partial charge in [0.05, 0.1) is 0 Å². The minimum atomic E-state index is 0.311. The standard InChI is InChI=1S/C9H18Br2O/c1-7(3-8(2)6-12)4-9(11)5-10/h7-9,12H,3-6H2,1-2H3. The molecule has 0 amide bonds. The number of hydrogen-bond acceptors (Lipinski definition) is 1. The highest BCUT2D eigenvalue weighted by Crippen LogP contribution is 2.21. The normalized spacial score (nSPS) is 18.8. The number of aliphatic hydroxyl groups excluding tert-OH is 1. The Balaban J connectivity index is 3.51. The van der Waals surface area contributed by atoms with Gasteiger partial charge in [-0.05, 0) is 24.7 Å². The molecule has 0 radical (unpaired) electrons. The van der Waals surface area contributed by atoms with E-state index in [9.17, 15) is 0 Å². The van der Waals surface area contributed by atoms with Crippen molar-refractivity contribution in [2.45, 2.75) is 31.5 Å². The van der Waals surface area contributed by atoms with Crippen molar-refractivity contribution in [3.8, 4) is 0 Å². The van der Waals surface area contributed by atoms with E-state index in [1.54, 1.807) is 0 Å². The van der Waals surface area contributed by atoms with Crippen LogP contribution < -0.4 is 0 Å². The zero-order chi connectivity index (χ0) is 9.56. The molecule has 0 rings (SSSR count). The quantitative estimate of drug-likeness (QED) is 0.747. The fourth-order valence-corrected chi connectivity index (χ4v) is 2.26. The van der Waals surface area contributed by atoms with Gasteiger partial charge in [0.25, 0.3) is 0 Å². The highest BCUT2D eigenvalue weighted by atomic mass is 79.9. The first-order valence-electron chi connectivity index (χ1n) is 4.41. The summed E-state index contributed by atoms with van der Waals surface area (Å²) < 4.78 is 0. The molecule has 0 saturated carbocycles. The van der Waals surface area contributed by atoms with E-state index in [4.69, 9.17) is 5.11 Å². The molecule has 0 fully saturated rings. The van der Waals surface area contributed by atoms with Gasteiger partial charge in [-0.25, -0.2) is 0 Å². The average Bonchev–Trinajstić information content (AvgIpc) is 2.03. The van der Waals surface area contributed by atoms with E-state index in [-0.39, 0.29) is 0 Å². The van der Waals surface area contributed by atoms with Crippen LogP contribution in [0.2, 0.25) is 0 Å². The molecule has 3 atom stereocenters. The van der Waals surface area contributed by atoms with Gasteiger partial charge < -0.3 is 5.11 Å². The number of halogens is 2. The van der Waals surface area contributed by atoms with Crippen molar-refractivity contribution in [1.82, 2.24) is 0 Å². The lowest BCUT2D eigenvalue weighted by Gasteiger charge is -2.17. The molecule has 0 aliphatic rings. The summed E-state index contributed by atoms with van der Waals surface area (Å²) in [4.78, 5) is 0.568. The van der Waals surface area contributed by atoms with Gasteiger partial charge in [-0.3, -0.25) is 0 Å². The Bertz CT molecular complexity index is 96.7. The third kappa shape index (κ3) is 6.44. The Labute approximate surface area is 92.2 Å². The monoisotopic (exact) mass is 300 g/mol. The van der Waals surface area contributed by atoms with Crippen LogP contribution in [0, 0.1) is 11.8 Å². The molecule has 0 spiro atoms. The average molecular weight is 302 g/mol. The molecule has 12 heavy (non-hydrogen) atoms. The van der Waals surface area contributed by atoms with E-state index in [0.29, 0.717) is 23.3 Å². The molecule has 0 saturated heterocycles. The molecule has 1 N–H and O–H groups in total. The summed E-state index contributed by atoms with van der Waals surface area (Å²) in [6.45, 7) is 4.64. The minimum Gasteiger partial charge on any atom is -0.396 e. The van der Waals surface area contributed by atoms with Crippen molar-refractivity contribution < 1.29 is 5.11 Å². The molecule has 74 valence electrons. The molecule has 0 aromatic rings. The smallest absolute Gasteiger partial charge is 0.0456 e. The summed E-state index contributed by atoms with van der Waals surface area (Å²) in [7, 11) is 0. The number of alkyl halides is 2. The van der Waals surface area contributed by atoms with Crippen molar-refractivity contribution in [2.75, 3.05) is 11.9 Å². The van der Waals surface area contributed by atoms with Gasteiger partial charge in [0.15, 0.2) is 0 Å². The van der Waals surface area contributed by atoms with Crippen LogP contribution in [-0.4, -0.2) is 21.9 Å². The zero-order valence-electron chi connectivity index (χ0n) is 7.76. The van der Waals surface area contributed by atoms with Crippen molar-refractivity contribution in [1.29, 1.82) is 0 Å². The van der Waals surface area contributed by atoms with Crippen LogP contribution >= 0.6 is 31.9 Å². The second-order valence-corrected chi connectivity index (χ2v) is 5.56. The van der Waals surface area contributed by atoms with Gasteiger partial charge >= 0.3 is 0 Å². The summed E-state index contributed by atoms with van der Waals surface area (Å²) >= 11 is 7.01. The van der Waals surface area contributed by atoms with Gasteiger partial charge in [-0.15, -0.1) is 0 Å². The number of hydrogen-bond donors (Lipinski definition) is 1. The fraction of sp³-hybridized carbons (Fsp3) is 1.00. The third-order valence-electron chi connectivity index (χ3n) is 1.94. The van der Waals surface area contributed by atoms with Crippen molar-refractivity contribution in [3.63, 3.8) is 0 Å². The van der Waals surface area contributed by atoms with Crippen LogP contribution in [0.4, 0.5) is 0 Å². The van der Waals surface area contributed by atoms with Gasteiger partial charge in [0, 0.05) is 16.8 Å². The summed E-state index contributed by atoms with van der Waals surface area (Å²) in [5.41, 5.74) is 0. The first kappa shape index (κ1) is 12.9. The maximum absolute atomic E-state index is 8.85. The molecule has 3 unspecified atom stereocenters. The van der Waals surface area contributed by atoms with Crippen molar-refractivity contribution in [2.24, 2.45) is 11.8 Å². The van der Waals surface area contributed by atoms with Crippen molar-refractivity contribution in [3.05, 3.63) is 0 Å². The first-order chi connectivity index (χ1) is 5.60. The molecule has 0 aromatic heterocycles. The highest BCUT2D eigenvalue weighted by Gasteiger charge is 2.11. The Morgan fingerprint density at radius 3 is 2.17 bits per heavy atom. The van der Waals surface area contributed by atoms with E-state index in [1.807, 2.05) is 0 Å². The predicted molar refractivity (Wildman–Crippen MR) is 61.2 cm³/mol. The van der Waals surface area contributed by atoms with Gasteiger partial charge in [0.1, 0.15) is 0 Å². The fourth-order valence-electron chi connectivity index (χ4n) is 1.36. The maximum atomic E-state index is 8.85. The molecular formula is C9H18Br2O. The zero-order valence-corrected chi connectivity index (χ0v) is 10.9. The third-order valence-corrected chi connectivity index (χ3v) is 4.29. The maximum Gasteiger partial charge on any atom is 0.0456 e. The molecule has 0 bridgehead atoms. The van der Waals surface area contributed by atoms with Crippen LogP contribution in [0.15, 0.2) is 0 Å². The number of rotatable bonds is 6. The van der Waals surface area contributed by atoms with E-state index in [0.717, 1.165) is 11.8 Å². The molecule has 0 aromatic carbocycles. The van der Waals surface area contributed by atoms with Crippen LogP contribution in [-0.2, 0) is 0 Å². The van der Waals surface area contributed by atoms with E-state index < -0.39 is 0 Å². The lowest BCUT2D eigenvalue weighted by molar-refractivity contribution is 0.213.